The largest absolute Gasteiger partial charge is 0.393 e. The van der Waals surface area contributed by atoms with Crippen molar-refractivity contribution in [2.24, 2.45) is 23.5 Å². The van der Waals surface area contributed by atoms with Crippen LogP contribution in [0, 0.1) is 17.8 Å². The normalized spacial score (nSPS) is 25.4. The second-order valence-corrected chi connectivity index (χ2v) is 6.07. The molecule has 0 spiro atoms. The summed E-state index contributed by atoms with van der Waals surface area (Å²) in [6.07, 6.45) is 4.10. The fourth-order valence-corrected chi connectivity index (χ4v) is 2.76. The molecule has 0 bridgehead atoms. The van der Waals surface area contributed by atoms with Gasteiger partial charge in [-0.05, 0) is 50.0 Å². The van der Waals surface area contributed by atoms with Crippen molar-refractivity contribution in [3.05, 3.63) is 0 Å². The van der Waals surface area contributed by atoms with Crippen molar-refractivity contribution in [1.29, 1.82) is 0 Å². The Hall–Kier alpha value is -0.610. The second kappa shape index (κ2) is 7.74. The van der Waals surface area contributed by atoms with Gasteiger partial charge in [0.2, 0.25) is 5.91 Å². The van der Waals surface area contributed by atoms with Crippen LogP contribution in [0.5, 0.6) is 0 Å². The van der Waals surface area contributed by atoms with Gasteiger partial charge in [0, 0.05) is 13.0 Å². The van der Waals surface area contributed by atoms with Gasteiger partial charge in [0.05, 0.1) is 6.10 Å². The molecule has 4 nitrogen and oxygen atoms in total. The first-order valence-corrected chi connectivity index (χ1v) is 7.16. The Kier molecular flexibility index (Phi) is 6.65. The molecule has 1 fully saturated rings. The van der Waals surface area contributed by atoms with Crippen molar-refractivity contribution in [2.75, 3.05) is 13.1 Å². The van der Waals surface area contributed by atoms with Crippen molar-refractivity contribution in [2.45, 2.75) is 52.1 Å². The lowest BCUT2D eigenvalue weighted by atomic mass is 9.94. The van der Waals surface area contributed by atoms with Crippen LogP contribution >= 0.6 is 0 Å². The van der Waals surface area contributed by atoms with Crippen LogP contribution in [0.15, 0.2) is 0 Å². The summed E-state index contributed by atoms with van der Waals surface area (Å²) < 4.78 is 0. The fourth-order valence-electron chi connectivity index (χ4n) is 2.76. The van der Waals surface area contributed by atoms with E-state index >= 15 is 0 Å². The Morgan fingerprint density at radius 2 is 2.17 bits per heavy atom. The first-order chi connectivity index (χ1) is 8.51. The Morgan fingerprint density at radius 1 is 1.44 bits per heavy atom. The highest BCUT2D eigenvalue weighted by molar-refractivity contribution is 5.76. The Bertz CT molecular complexity index is 256. The number of carbonyl (C=O) groups excluding carboxylic acids is 1. The van der Waals surface area contributed by atoms with Gasteiger partial charge in [-0.25, -0.2) is 0 Å². The highest BCUT2D eigenvalue weighted by Gasteiger charge is 2.23. The quantitative estimate of drug-likeness (QED) is 0.642. The van der Waals surface area contributed by atoms with E-state index in [2.05, 4.69) is 19.2 Å². The molecule has 18 heavy (non-hydrogen) atoms. The molecule has 0 aliphatic heterocycles. The summed E-state index contributed by atoms with van der Waals surface area (Å²) in [5.74, 6) is 1.42. The maximum atomic E-state index is 11.8. The van der Waals surface area contributed by atoms with Crippen molar-refractivity contribution in [3.8, 4) is 0 Å². The highest BCUT2D eigenvalue weighted by atomic mass is 16.3. The first-order valence-electron chi connectivity index (χ1n) is 7.16. The van der Waals surface area contributed by atoms with Crippen molar-refractivity contribution >= 4 is 5.91 Å². The number of amides is 1. The van der Waals surface area contributed by atoms with E-state index in [0.717, 1.165) is 25.7 Å². The molecule has 0 aromatic heterocycles. The zero-order valence-corrected chi connectivity index (χ0v) is 11.7. The lowest BCUT2D eigenvalue weighted by Crippen LogP contribution is -2.32. The lowest BCUT2D eigenvalue weighted by Gasteiger charge is -2.17. The Labute approximate surface area is 110 Å². The lowest BCUT2D eigenvalue weighted by molar-refractivity contribution is -0.122. The van der Waals surface area contributed by atoms with Gasteiger partial charge >= 0.3 is 0 Å². The minimum absolute atomic E-state index is 0.104. The summed E-state index contributed by atoms with van der Waals surface area (Å²) in [6, 6.07) is 0. The van der Waals surface area contributed by atoms with Crippen molar-refractivity contribution in [1.82, 2.24) is 5.32 Å². The molecule has 0 radical (unpaired) electrons. The molecule has 2 unspecified atom stereocenters. The molecule has 1 saturated carbocycles. The molecular weight excluding hydrogens is 228 g/mol. The number of carbonyl (C=O) groups is 1. The Morgan fingerprint density at radius 3 is 2.67 bits per heavy atom. The molecule has 4 N–H and O–H groups in total. The molecule has 106 valence electrons. The average Bonchev–Trinajstić information content (AvgIpc) is 2.71. The summed E-state index contributed by atoms with van der Waals surface area (Å²) in [7, 11) is 0. The topological polar surface area (TPSA) is 75.4 Å². The number of nitrogens with two attached hydrogens (primary N) is 1. The van der Waals surface area contributed by atoms with Gasteiger partial charge in [0.25, 0.3) is 0 Å². The zero-order chi connectivity index (χ0) is 13.5. The SMILES string of the molecule is CC(C)C[C@H](CN)CC(=O)NCC1CCC(O)C1. The highest BCUT2D eigenvalue weighted by Crippen LogP contribution is 2.24. The van der Waals surface area contributed by atoms with Gasteiger partial charge in [-0.1, -0.05) is 13.8 Å². The van der Waals surface area contributed by atoms with E-state index in [9.17, 15) is 9.90 Å². The minimum Gasteiger partial charge on any atom is -0.393 e. The van der Waals surface area contributed by atoms with Crippen LogP contribution in [-0.2, 0) is 4.79 Å². The summed E-state index contributed by atoms with van der Waals surface area (Å²) in [5.41, 5.74) is 5.69. The van der Waals surface area contributed by atoms with Crippen LogP contribution < -0.4 is 11.1 Å². The number of nitrogens with one attached hydrogen (secondary N) is 1. The molecule has 0 aromatic carbocycles. The van der Waals surface area contributed by atoms with E-state index in [1.165, 1.54) is 0 Å². The number of aliphatic hydroxyl groups is 1. The predicted octanol–water partition coefficient (Wildman–Crippen LogP) is 1.27. The number of hydrogen-bond acceptors (Lipinski definition) is 3. The second-order valence-electron chi connectivity index (χ2n) is 6.07. The van der Waals surface area contributed by atoms with Gasteiger partial charge in [-0.2, -0.15) is 0 Å². The average molecular weight is 256 g/mol. The maximum Gasteiger partial charge on any atom is 0.220 e. The number of hydrogen-bond donors (Lipinski definition) is 3. The zero-order valence-electron chi connectivity index (χ0n) is 11.7. The molecular formula is C14H28N2O2. The molecule has 4 heteroatoms. The summed E-state index contributed by atoms with van der Waals surface area (Å²) in [4.78, 5) is 11.8. The monoisotopic (exact) mass is 256 g/mol. The maximum absolute atomic E-state index is 11.8. The fraction of sp³-hybridized carbons (Fsp3) is 0.929. The van der Waals surface area contributed by atoms with Crippen LogP contribution in [0.25, 0.3) is 0 Å². The number of rotatable bonds is 7. The molecule has 0 aromatic rings. The van der Waals surface area contributed by atoms with Gasteiger partial charge in [0.1, 0.15) is 0 Å². The Balaban J connectivity index is 2.19. The summed E-state index contributed by atoms with van der Waals surface area (Å²) >= 11 is 0. The van der Waals surface area contributed by atoms with Gasteiger partial charge in [0.15, 0.2) is 0 Å². The predicted molar refractivity (Wildman–Crippen MR) is 73.0 cm³/mol. The van der Waals surface area contributed by atoms with Crippen LogP contribution in [0.2, 0.25) is 0 Å². The third-order valence-electron chi connectivity index (χ3n) is 3.71. The third-order valence-corrected chi connectivity index (χ3v) is 3.71. The van der Waals surface area contributed by atoms with E-state index < -0.39 is 0 Å². The molecule has 0 saturated heterocycles. The van der Waals surface area contributed by atoms with E-state index in [-0.39, 0.29) is 12.0 Å². The third kappa shape index (κ3) is 5.83. The van der Waals surface area contributed by atoms with Crippen molar-refractivity contribution < 1.29 is 9.90 Å². The van der Waals surface area contributed by atoms with Gasteiger partial charge < -0.3 is 16.2 Å². The van der Waals surface area contributed by atoms with Crippen LogP contribution in [0.4, 0.5) is 0 Å². The van der Waals surface area contributed by atoms with Crippen LogP contribution in [0.3, 0.4) is 0 Å². The molecule has 1 amide bonds. The molecule has 1 aliphatic rings. The van der Waals surface area contributed by atoms with Crippen LogP contribution in [0.1, 0.15) is 46.0 Å². The molecule has 3 atom stereocenters. The first kappa shape index (κ1) is 15.4. The van der Waals surface area contributed by atoms with E-state index in [1.807, 2.05) is 0 Å². The van der Waals surface area contributed by atoms with E-state index in [1.54, 1.807) is 0 Å². The van der Waals surface area contributed by atoms with Crippen LogP contribution in [-0.4, -0.2) is 30.2 Å². The van der Waals surface area contributed by atoms with Gasteiger partial charge in [-0.15, -0.1) is 0 Å². The minimum atomic E-state index is -0.162. The standard InChI is InChI=1S/C14H28N2O2/c1-10(2)5-12(8-15)7-14(18)16-9-11-3-4-13(17)6-11/h10-13,17H,3-9,15H2,1-2H3,(H,16,18)/t11?,12-,13?/m0/s1. The molecule has 0 heterocycles. The van der Waals surface area contributed by atoms with E-state index in [0.29, 0.717) is 37.3 Å². The number of aliphatic hydroxyl groups excluding tert-OH is 1. The smallest absolute Gasteiger partial charge is 0.220 e. The van der Waals surface area contributed by atoms with E-state index in [4.69, 9.17) is 5.73 Å². The molecule has 1 aliphatic carbocycles. The van der Waals surface area contributed by atoms with Gasteiger partial charge in [-0.3, -0.25) is 4.79 Å². The summed E-state index contributed by atoms with van der Waals surface area (Å²) in [5, 5.41) is 12.4. The molecule has 1 rings (SSSR count). The summed E-state index contributed by atoms with van der Waals surface area (Å²) in [6.45, 7) is 5.59. The van der Waals surface area contributed by atoms with Crippen molar-refractivity contribution in [3.63, 3.8) is 0 Å².